The second-order valence-corrected chi connectivity index (χ2v) is 13.4. The summed E-state index contributed by atoms with van der Waals surface area (Å²) in [6.07, 6.45) is 0. The van der Waals surface area contributed by atoms with Crippen LogP contribution in [0.2, 0.25) is 0 Å². The fraction of sp³-hybridized carbons (Fsp3) is 0.133. The Morgan fingerprint density at radius 2 is 0.800 bits per heavy atom. The standard InChI is InChI=1S/C30H28N2O6S2/c1-21-3-15-27(16-4-21)39(35,36)19-29(33)31-25-11-7-23(8-12-25)24-9-13-26(14-10-24)32-30(34)20-40(37,38)28-17-5-22(2)6-18-28/h3-18H,19-20H2,1-2H3,(H,31,33)(H,32,34). The summed E-state index contributed by atoms with van der Waals surface area (Å²) in [6, 6.07) is 26.4. The summed E-state index contributed by atoms with van der Waals surface area (Å²) in [5.74, 6) is -2.62. The van der Waals surface area contributed by atoms with Crippen LogP contribution in [0.15, 0.2) is 107 Å². The highest BCUT2D eigenvalue weighted by molar-refractivity contribution is 7.92. The molecule has 0 fully saturated rings. The Balaban J connectivity index is 1.33. The number of amides is 2. The number of nitrogens with one attached hydrogen (secondary N) is 2. The van der Waals surface area contributed by atoms with E-state index in [0.29, 0.717) is 11.4 Å². The normalized spacial score (nSPS) is 11.6. The van der Waals surface area contributed by atoms with E-state index < -0.39 is 43.0 Å². The average Bonchev–Trinajstić information content (AvgIpc) is 2.89. The summed E-state index contributed by atoms with van der Waals surface area (Å²) < 4.78 is 50.0. The van der Waals surface area contributed by atoms with Crippen LogP contribution in [0, 0.1) is 13.8 Å². The zero-order valence-corrected chi connectivity index (χ0v) is 23.6. The number of anilines is 2. The highest BCUT2D eigenvalue weighted by Crippen LogP contribution is 2.24. The van der Waals surface area contributed by atoms with Crippen LogP contribution >= 0.6 is 0 Å². The Labute approximate surface area is 233 Å². The Hall–Kier alpha value is -4.28. The van der Waals surface area contributed by atoms with Crippen molar-refractivity contribution in [2.24, 2.45) is 0 Å². The first-order valence-corrected chi connectivity index (χ1v) is 15.6. The maximum Gasteiger partial charge on any atom is 0.239 e. The fourth-order valence-corrected chi connectivity index (χ4v) is 6.16. The van der Waals surface area contributed by atoms with Crippen molar-refractivity contribution >= 4 is 42.9 Å². The molecule has 2 amide bonds. The van der Waals surface area contributed by atoms with Gasteiger partial charge in [-0.2, -0.15) is 0 Å². The van der Waals surface area contributed by atoms with Crippen molar-refractivity contribution in [1.29, 1.82) is 0 Å². The van der Waals surface area contributed by atoms with Gasteiger partial charge in [0.05, 0.1) is 9.79 Å². The number of carbonyl (C=O) groups is 2. The largest absolute Gasteiger partial charge is 0.325 e. The third-order valence-corrected chi connectivity index (χ3v) is 9.34. The second kappa shape index (κ2) is 11.8. The summed E-state index contributed by atoms with van der Waals surface area (Å²) in [6.45, 7) is 3.70. The molecule has 206 valence electrons. The molecule has 10 heteroatoms. The van der Waals surface area contributed by atoms with E-state index in [1.807, 2.05) is 13.8 Å². The van der Waals surface area contributed by atoms with E-state index in [9.17, 15) is 26.4 Å². The molecule has 0 saturated carbocycles. The molecule has 0 saturated heterocycles. The molecule has 4 rings (SSSR count). The van der Waals surface area contributed by atoms with Crippen molar-refractivity contribution in [3.05, 3.63) is 108 Å². The van der Waals surface area contributed by atoms with E-state index >= 15 is 0 Å². The molecular weight excluding hydrogens is 548 g/mol. The van der Waals surface area contributed by atoms with Crippen LogP contribution < -0.4 is 10.6 Å². The summed E-state index contributed by atoms with van der Waals surface area (Å²) >= 11 is 0. The molecule has 4 aromatic rings. The minimum absolute atomic E-state index is 0.0936. The predicted molar refractivity (Wildman–Crippen MR) is 156 cm³/mol. The molecule has 0 atom stereocenters. The topological polar surface area (TPSA) is 126 Å². The van der Waals surface area contributed by atoms with Crippen molar-refractivity contribution in [3.8, 4) is 11.1 Å². The molecule has 0 aliphatic heterocycles. The van der Waals surface area contributed by atoms with Gasteiger partial charge in [-0.1, -0.05) is 59.7 Å². The zero-order valence-electron chi connectivity index (χ0n) is 21.9. The summed E-state index contributed by atoms with van der Waals surface area (Å²) in [4.78, 5) is 24.9. The van der Waals surface area contributed by atoms with Crippen LogP contribution in [0.1, 0.15) is 11.1 Å². The van der Waals surface area contributed by atoms with Gasteiger partial charge in [0.2, 0.25) is 11.8 Å². The molecule has 0 unspecified atom stereocenters. The van der Waals surface area contributed by atoms with Gasteiger partial charge in [0, 0.05) is 11.4 Å². The van der Waals surface area contributed by atoms with Gasteiger partial charge < -0.3 is 10.6 Å². The van der Waals surface area contributed by atoms with Crippen LogP contribution in [0.25, 0.3) is 11.1 Å². The first kappa shape index (κ1) is 28.7. The Morgan fingerprint density at radius 3 is 1.10 bits per heavy atom. The van der Waals surface area contributed by atoms with E-state index in [4.69, 9.17) is 0 Å². The molecule has 0 bridgehead atoms. The van der Waals surface area contributed by atoms with E-state index in [0.717, 1.165) is 22.3 Å². The van der Waals surface area contributed by atoms with Crippen LogP contribution in [-0.4, -0.2) is 40.2 Å². The molecule has 0 radical (unpaired) electrons. The van der Waals surface area contributed by atoms with Crippen LogP contribution in [0.4, 0.5) is 11.4 Å². The maximum absolute atomic E-state index is 12.5. The molecule has 40 heavy (non-hydrogen) atoms. The molecule has 8 nitrogen and oxygen atoms in total. The van der Waals surface area contributed by atoms with Crippen molar-refractivity contribution < 1.29 is 26.4 Å². The van der Waals surface area contributed by atoms with Gasteiger partial charge in [-0.25, -0.2) is 16.8 Å². The van der Waals surface area contributed by atoms with Gasteiger partial charge in [0.15, 0.2) is 19.7 Å². The van der Waals surface area contributed by atoms with Crippen molar-refractivity contribution in [2.45, 2.75) is 23.6 Å². The van der Waals surface area contributed by atoms with E-state index in [2.05, 4.69) is 10.6 Å². The number of hydrogen-bond acceptors (Lipinski definition) is 6. The number of rotatable bonds is 9. The first-order valence-electron chi connectivity index (χ1n) is 12.3. The number of carbonyl (C=O) groups excluding carboxylic acids is 2. The van der Waals surface area contributed by atoms with Crippen LogP contribution in [0.5, 0.6) is 0 Å². The zero-order chi connectivity index (χ0) is 28.9. The summed E-state index contributed by atoms with van der Waals surface area (Å²) in [5, 5.41) is 5.21. The Bertz CT molecular complexity index is 1600. The number of aryl methyl sites for hydroxylation is 2. The minimum Gasteiger partial charge on any atom is -0.325 e. The lowest BCUT2D eigenvalue weighted by molar-refractivity contribution is -0.114. The lowest BCUT2D eigenvalue weighted by atomic mass is 10.0. The van der Waals surface area contributed by atoms with E-state index in [1.54, 1.807) is 72.8 Å². The minimum atomic E-state index is -3.76. The Kier molecular flexibility index (Phi) is 8.51. The molecule has 0 spiro atoms. The third kappa shape index (κ3) is 7.43. The Morgan fingerprint density at radius 1 is 0.500 bits per heavy atom. The van der Waals surface area contributed by atoms with Gasteiger partial charge in [0.25, 0.3) is 0 Å². The van der Waals surface area contributed by atoms with Gasteiger partial charge in [-0.05, 0) is 73.5 Å². The molecule has 0 aromatic heterocycles. The summed E-state index contributed by atoms with van der Waals surface area (Å²) in [5.41, 5.74) is 4.40. The fourth-order valence-electron chi connectivity index (χ4n) is 3.89. The SMILES string of the molecule is Cc1ccc(S(=O)(=O)CC(=O)Nc2ccc(-c3ccc(NC(=O)CS(=O)(=O)c4ccc(C)cc4)cc3)cc2)cc1. The van der Waals surface area contributed by atoms with E-state index in [1.165, 1.54) is 24.3 Å². The van der Waals surface area contributed by atoms with Gasteiger partial charge in [-0.15, -0.1) is 0 Å². The molecular formula is C30H28N2O6S2. The number of sulfone groups is 2. The van der Waals surface area contributed by atoms with Gasteiger partial charge in [-0.3, -0.25) is 9.59 Å². The van der Waals surface area contributed by atoms with Gasteiger partial charge in [0.1, 0.15) is 11.5 Å². The second-order valence-electron chi connectivity index (χ2n) is 9.40. The van der Waals surface area contributed by atoms with Crippen molar-refractivity contribution in [3.63, 3.8) is 0 Å². The first-order chi connectivity index (χ1) is 18.9. The highest BCUT2D eigenvalue weighted by atomic mass is 32.2. The smallest absolute Gasteiger partial charge is 0.239 e. The van der Waals surface area contributed by atoms with Gasteiger partial charge >= 0.3 is 0 Å². The highest BCUT2D eigenvalue weighted by Gasteiger charge is 2.20. The maximum atomic E-state index is 12.5. The summed E-state index contributed by atoms with van der Waals surface area (Å²) in [7, 11) is -7.52. The molecule has 2 N–H and O–H groups in total. The van der Waals surface area contributed by atoms with Crippen LogP contribution in [-0.2, 0) is 29.3 Å². The predicted octanol–water partition coefficient (Wildman–Crippen LogP) is 4.80. The molecule has 4 aromatic carbocycles. The quantitative estimate of drug-likeness (QED) is 0.295. The van der Waals surface area contributed by atoms with Crippen molar-refractivity contribution in [2.75, 3.05) is 22.1 Å². The average molecular weight is 577 g/mol. The number of benzene rings is 4. The van der Waals surface area contributed by atoms with Crippen LogP contribution in [0.3, 0.4) is 0 Å². The lowest BCUT2D eigenvalue weighted by Crippen LogP contribution is -2.23. The number of hydrogen-bond donors (Lipinski definition) is 2. The monoisotopic (exact) mass is 576 g/mol. The third-order valence-electron chi connectivity index (χ3n) is 6.07. The lowest BCUT2D eigenvalue weighted by Gasteiger charge is -2.09. The molecule has 0 heterocycles. The molecule has 0 aliphatic carbocycles. The van der Waals surface area contributed by atoms with Crippen molar-refractivity contribution in [1.82, 2.24) is 0 Å². The van der Waals surface area contributed by atoms with E-state index in [-0.39, 0.29) is 9.79 Å². The molecule has 0 aliphatic rings.